The Labute approximate surface area is 216 Å². The fourth-order valence-corrected chi connectivity index (χ4v) is 5.42. The van der Waals surface area contributed by atoms with Crippen LogP contribution in [0.2, 0.25) is 0 Å². The van der Waals surface area contributed by atoms with Crippen molar-refractivity contribution in [3.05, 3.63) is 45.4 Å². The Morgan fingerprint density at radius 1 is 1.11 bits per heavy atom. The number of anilines is 1. The van der Waals surface area contributed by atoms with E-state index in [9.17, 15) is 14.4 Å². The Balaban J connectivity index is 1.56. The first-order valence-electron chi connectivity index (χ1n) is 12.5. The fourth-order valence-electron chi connectivity index (χ4n) is 4.61. The van der Waals surface area contributed by atoms with Crippen LogP contribution in [0.5, 0.6) is 0 Å². The van der Waals surface area contributed by atoms with Gasteiger partial charge in [0.1, 0.15) is 10.9 Å². The lowest BCUT2D eigenvalue weighted by molar-refractivity contribution is -0.140. The number of nitrogens with zero attached hydrogens (tertiary/aromatic N) is 4. The normalized spacial score (nSPS) is 18.8. The fraction of sp³-hybridized carbons (Fsp3) is 0.500. The van der Waals surface area contributed by atoms with E-state index in [2.05, 4.69) is 15.6 Å². The molecule has 0 aliphatic carbocycles. The molecule has 2 fully saturated rings. The monoisotopic (exact) mass is 510 g/mol. The van der Waals surface area contributed by atoms with E-state index in [1.165, 1.54) is 11.3 Å². The summed E-state index contributed by atoms with van der Waals surface area (Å²) in [6.45, 7) is 7.77. The number of benzene rings is 1. The van der Waals surface area contributed by atoms with E-state index in [4.69, 9.17) is 4.99 Å². The van der Waals surface area contributed by atoms with E-state index in [1.54, 1.807) is 11.8 Å². The lowest BCUT2D eigenvalue weighted by atomic mass is 10.1. The lowest BCUT2D eigenvalue weighted by Gasteiger charge is -2.25. The zero-order valence-corrected chi connectivity index (χ0v) is 22.0. The number of aliphatic imine (C=N–C) groups is 1. The summed E-state index contributed by atoms with van der Waals surface area (Å²) in [4.78, 5) is 52.3. The van der Waals surface area contributed by atoms with Crippen LogP contribution >= 0.6 is 11.3 Å². The van der Waals surface area contributed by atoms with Gasteiger partial charge >= 0.3 is 0 Å². The van der Waals surface area contributed by atoms with Gasteiger partial charge in [0.2, 0.25) is 17.8 Å². The largest absolute Gasteiger partial charge is 0.341 e. The Morgan fingerprint density at radius 3 is 2.56 bits per heavy atom. The molecule has 1 aromatic carbocycles. The number of hydrogen-bond acceptors (Lipinski definition) is 6. The molecule has 10 heteroatoms. The average Bonchev–Trinajstić information content (AvgIpc) is 3.45. The molecule has 2 saturated heterocycles. The van der Waals surface area contributed by atoms with Crippen molar-refractivity contribution in [2.45, 2.75) is 58.9 Å². The number of aryl methyl sites for hydroxylation is 3. The van der Waals surface area contributed by atoms with Crippen LogP contribution in [0.1, 0.15) is 58.0 Å². The van der Waals surface area contributed by atoms with Crippen LogP contribution in [0.15, 0.2) is 29.3 Å². The van der Waals surface area contributed by atoms with Crippen molar-refractivity contribution in [3.8, 4) is 0 Å². The molecule has 1 aromatic heterocycles. The molecule has 2 aliphatic heterocycles. The highest BCUT2D eigenvalue weighted by atomic mass is 32.1. The molecule has 2 N–H and O–H groups in total. The second-order valence-electron chi connectivity index (χ2n) is 9.43. The predicted molar refractivity (Wildman–Crippen MR) is 141 cm³/mol. The first-order valence-corrected chi connectivity index (χ1v) is 13.4. The third-order valence-electron chi connectivity index (χ3n) is 6.44. The number of guanidine groups is 1. The molecular weight excluding hydrogens is 476 g/mol. The quantitative estimate of drug-likeness (QED) is 0.474. The maximum Gasteiger partial charge on any atom is 0.269 e. The molecule has 9 nitrogen and oxygen atoms in total. The average molecular weight is 511 g/mol. The number of nitrogens with one attached hydrogen (secondary N) is 2. The zero-order valence-electron chi connectivity index (χ0n) is 21.2. The molecule has 2 aliphatic rings. The molecular formula is C26H34N6O3S. The van der Waals surface area contributed by atoms with Gasteiger partial charge in [0, 0.05) is 25.3 Å². The second-order valence-corrected chi connectivity index (χ2v) is 10.6. The molecule has 3 amide bonds. The highest BCUT2D eigenvalue weighted by Crippen LogP contribution is 2.19. The Morgan fingerprint density at radius 2 is 1.86 bits per heavy atom. The van der Waals surface area contributed by atoms with Crippen LogP contribution in [0.25, 0.3) is 0 Å². The van der Waals surface area contributed by atoms with Gasteiger partial charge in [0.05, 0.1) is 17.2 Å². The van der Waals surface area contributed by atoms with Gasteiger partial charge in [-0.15, -0.1) is 11.3 Å². The minimum absolute atomic E-state index is 0.00654. The van der Waals surface area contributed by atoms with Gasteiger partial charge in [-0.3, -0.25) is 19.7 Å². The van der Waals surface area contributed by atoms with Crippen molar-refractivity contribution in [2.75, 3.05) is 31.5 Å². The Kier molecular flexibility index (Phi) is 8.35. The summed E-state index contributed by atoms with van der Waals surface area (Å²) in [5.41, 5.74) is 2.46. The van der Waals surface area contributed by atoms with Gasteiger partial charge in [-0.25, -0.2) is 9.98 Å². The van der Waals surface area contributed by atoms with Crippen LogP contribution in [0.4, 0.5) is 5.69 Å². The third kappa shape index (κ3) is 6.48. The van der Waals surface area contributed by atoms with Crippen molar-refractivity contribution in [3.63, 3.8) is 0 Å². The summed E-state index contributed by atoms with van der Waals surface area (Å²) in [6, 6.07) is 7.03. The van der Waals surface area contributed by atoms with E-state index < -0.39 is 6.04 Å². The minimum Gasteiger partial charge on any atom is -0.341 e. The topological polar surface area (TPSA) is 107 Å². The highest BCUT2D eigenvalue weighted by Gasteiger charge is 2.30. The Hall–Kier alpha value is -3.27. The summed E-state index contributed by atoms with van der Waals surface area (Å²) in [6.07, 6.45) is 4.21. The first-order chi connectivity index (χ1) is 17.3. The van der Waals surface area contributed by atoms with Crippen molar-refractivity contribution in [1.29, 1.82) is 0 Å². The molecule has 0 saturated carbocycles. The van der Waals surface area contributed by atoms with Crippen molar-refractivity contribution in [1.82, 2.24) is 20.1 Å². The number of thiazole rings is 1. The Bertz CT molecular complexity index is 1150. The third-order valence-corrected chi connectivity index (χ3v) is 7.52. The maximum atomic E-state index is 13.5. The van der Waals surface area contributed by atoms with Crippen LogP contribution in [-0.4, -0.2) is 70.7 Å². The molecule has 2 aromatic rings. The van der Waals surface area contributed by atoms with Crippen LogP contribution < -0.4 is 10.6 Å². The van der Waals surface area contributed by atoms with E-state index in [0.717, 1.165) is 55.0 Å². The van der Waals surface area contributed by atoms with E-state index in [0.29, 0.717) is 23.5 Å². The summed E-state index contributed by atoms with van der Waals surface area (Å²) in [5.74, 6) is -0.295. The van der Waals surface area contributed by atoms with E-state index in [1.807, 2.05) is 43.0 Å². The molecule has 192 valence electrons. The maximum absolute atomic E-state index is 13.5. The van der Waals surface area contributed by atoms with Gasteiger partial charge in [-0.05, 0) is 70.6 Å². The highest BCUT2D eigenvalue weighted by molar-refractivity contribution is 7.13. The van der Waals surface area contributed by atoms with Gasteiger partial charge in [-0.1, -0.05) is 12.1 Å². The van der Waals surface area contributed by atoms with Crippen molar-refractivity contribution in [2.24, 2.45) is 4.99 Å². The van der Waals surface area contributed by atoms with Gasteiger partial charge in [0.25, 0.3) is 5.91 Å². The SMILES string of the molecule is Cc1cccc(NC(=N[C@H]2CCCCN(CC(=O)N3CCCC3)C2=O)NC(=O)c2sc(C)nc2C)c1. The lowest BCUT2D eigenvalue weighted by Crippen LogP contribution is -2.45. The number of amides is 3. The molecule has 36 heavy (non-hydrogen) atoms. The predicted octanol–water partition coefficient (Wildman–Crippen LogP) is 3.27. The molecule has 3 heterocycles. The summed E-state index contributed by atoms with van der Waals surface area (Å²) in [7, 11) is 0. The zero-order chi connectivity index (χ0) is 25.7. The standard InChI is InChI=1S/C26H34N6O3S/c1-17-9-8-10-20(15-17)28-26(30-24(34)23-18(2)27-19(3)36-23)29-21-11-4-5-14-32(25(21)35)16-22(33)31-12-6-7-13-31/h8-10,15,21H,4-7,11-14,16H2,1-3H3,(H2,28,29,30,34)/t21-/m0/s1. The smallest absolute Gasteiger partial charge is 0.269 e. The number of aromatic nitrogens is 1. The van der Waals surface area contributed by atoms with Gasteiger partial charge < -0.3 is 15.1 Å². The number of carbonyl (C=O) groups excluding carboxylic acids is 3. The molecule has 4 rings (SSSR count). The molecule has 0 radical (unpaired) electrons. The second kappa shape index (κ2) is 11.6. The molecule has 0 spiro atoms. The molecule has 0 unspecified atom stereocenters. The summed E-state index contributed by atoms with van der Waals surface area (Å²) >= 11 is 1.32. The number of carbonyl (C=O) groups is 3. The van der Waals surface area contributed by atoms with Crippen LogP contribution in [0.3, 0.4) is 0 Å². The van der Waals surface area contributed by atoms with Crippen LogP contribution in [0, 0.1) is 20.8 Å². The first kappa shape index (κ1) is 25.8. The minimum atomic E-state index is -0.684. The number of hydrogen-bond donors (Lipinski definition) is 2. The summed E-state index contributed by atoms with van der Waals surface area (Å²) < 4.78 is 0. The number of rotatable bonds is 5. The van der Waals surface area contributed by atoms with Gasteiger partial charge in [-0.2, -0.15) is 0 Å². The van der Waals surface area contributed by atoms with Gasteiger partial charge in [0.15, 0.2) is 0 Å². The molecule has 1 atom stereocenters. The summed E-state index contributed by atoms with van der Waals surface area (Å²) in [5, 5.41) is 6.87. The van der Waals surface area contributed by atoms with Crippen molar-refractivity contribution >= 4 is 40.7 Å². The number of likely N-dealkylation sites (tertiary alicyclic amines) is 2. The van der Waals surface area contributed by atoms with E-state index >= 15 is 0 Å². The van der Waals surface area contributed by atoms with Crippen molar-refractivity contribution < 1.29 is 14.4 Å². The van der Waals surface area contributed by atoms with Crippen LogP contribution in [-0.2, 0) is 9.59 Å². The van der Waals surface area contributed by atoms with E-state index in [-0.39, 0.29) is 30.2 Å². The molecule has 0 bridgehead atoms.